The van der Waals surface area contributed by atoms with Crippen LogP contribution in [0.2, 0.25) is 10.0 Å². The van der Waals surface area contributed by atoms with Crippen molar-refractivity contribution in [3.05, 3.63) is 22.2 Å². The molecule has 1 heterocycles. The SMILES string of the molecule is O=C1CN=C(Nc2c(Cl)cc(O)cc2Cl)N1. The summed E-state index contributed by atoms with van der Waals surface area (Å²) < 4.78 is 0. The maximum atomic E-state index is 10.9. The van der Waals surface area contributed by atoms with E-state index in [9.17, 15) is 9.90 Å². The Morgan fingerprint density at radius 3 is 2.50 bits per heavy atom. The summed E-state index contributed by atoms with van der Waals surface area (Å²) in [4.78, 5) is 14.8. The van der Waals surface area contributed by atoms with E-state index in [0.717, 1.165) is 0 Å². The number of anilines is 1. The highest BCUT2D eigenvalue weighted by atomic mass is 35.5. The van der Waals surface area contributed by atoms with E-state index in [0.29, 0.717) is 11.6 Å². The molecule has 0 saturated heterocycles. The van der Waals surface area contributed by atoms with E-state index in [-0.39, 0.29) is 28.2 Å². The first-order valence-electron chi connectivity index (χ1n) is 4.35. The number of guanidine groups is 1. The summed E-state index contributed by atoms with van der Waals surface area (Å²) in [5, 5.41) is 15.0. The second-order valence-corrected chi connectivity index (χ2v) is 3.94. The van der Waals surface area contributed by atoms with Crippen LogP contribution in [0.4, 0.5) is 5.69 Å². The summed E-state index contributed by atoms with van der Waals surface area (Å²) in [6, 6.07) is 2.68. The van der Waals surface area contributed by atoms with Crippen molar-refractivity contribution in [3.8, 4) is 5.75 Å². The van der Waals surface area contributed by atoms with Crippen molar-refractivity contribution >= 4 is 40.8 Å². The standard InChI is InChI=1S/C9H7Cl2N3O2/c10-5-1-4(15)2-6(11)8(5)14-9-12-3-7(16)13-9/h1-2,15H,3H2,(H2,12,13,14,16). The second-order valence-electron chi connectivity index (χ2n) is 3.12. The van der Waals surface area contributed by atoms with Crippen LogP contribution >= 0.6 is 23.2 Å². The first-order chi connectivity index (χ1) is 7.56. The summed E-state index contributed by atoms with van der Waals surface area (Å²) in [6.45, 7) is 0.0790. The number of carbonyl (C=O) groups is 1. The van der Waals surface area contributed by atoms with Crippen LogP contribution in [0.25, 0.3) is 0 Å². The van der Waals surface area contributed by atoms with Gasteiger partial charge < -0.3 is 10.4 Å². The van der Waals surface area contributed by atoms with Gasteiger partial charge in [-0.2, -0.15) is 0 Å². The molecule has 7 heteroatoms. The van der Waals surface area contributed by atoms with E-state index in [1.807, 2.05) is 0 Å². The number of nitrogens with zero attached hydrogens (tertiary/aromatic N) is 1. The number of aliphatic imine (C=N–C) groups is 1. The summed E-state index contributed by atoms with van der Waals surface area (Å²) in [6.07, 6.45) is 0. The number of amides is 1. The Hall–Kier alpha value is -1.46. The smallest absolute Gasteiger partial charge is 0.248 e. The monoisotopic (exact) mass is 259 g/mol. The van der Waals surface area contributed by atoms with Crippen LogP contribution in [0.3, 0.4) is 0 Å². The molecule has 16 heavy (non-hydrogen) atoms. The van der Waals surface area contributed by atoms with Gasteiger partial charge in [-0.05, 0) is 0 Å². The number of carbonyl (C=O) groups excluding carboxylic acids is 1. The highest BCUT2D eigenvalue weighted by Crippen LogP contribution is 2.34. The predicted octanol–water partition coefficient (Wildman–Crippen LogP) is 1.60. The average Bonchev–Trinajstić information content (AvgIpc) is 2.58. The number of rotatable bonds is 1. The van der Waals surface area contributed by atoms with E-state index in [2.05, 4.69) is 15.6 Å². The number of hydrogen-bond donors (Lipinski definition) is 3. The number of halogens is 2. The van der Waals surface area contributed by atoms with Crippen LogP contribution in [0.1, 0.15) is 0 Å². The Bertz CT molecular complexity index is 465. The lowest BCUT2D eigenvalue weighted by atomic mass is 10.3. The molecule has 0 bridgehead atoms. The maximum absolute atomic E-state index is 10.9. The molecule has 3 N–H and O–H groups in total. The van der Waals surface area contributed by atoms with Crippen molar-refractivity contribution in [3.63, 3.8) is 0 Å². The minimum Gasteiger partial charge on any atom is -0.508 e. The highest BCUT2D eigenvalue weighted by Gasteiger charge is 2.16. The van der Waals surface area contributed by atoms with Gasteiger partial charge >= 0.3 is 0 Å². The molecule has 0 unspecified atom stereocenters. The zero-order valence-electron chi connectivity index (χ0n) is 7.92. The molecule has 0 spiro atoms. The molecule has 84 valence electrons. The fraction of sp³-hybridized carbons (Fsp3) is 0.111. The topological polar surface area (TPSA) is 73.7 Å². The lowest BCUT2D eigenvalue weighted by Gasteiger charge is -2.10. The summed E-state index contributed by atoms with van der Waals surface area (Å²) in [5.74, 6) is 0.0611. The van der Waals surface area contributed by atoms with Gasteiger partial charge in [0.25, 0.3) is 0 Å². The van der Waals surface area contributed by atoms with Gasteiger partial charge in [-0.25, -0.2) is 4.99 Å². The molecule has 0 aliphatic carbocycles. The van der Waals surface area contributed by atoms with Crippen molar-refractivity contribution < 1.29 is 9.90 Å². The number of aromatic hydroxyl groups is 1. The molecule has 0 radical (unpaired) electrons. The van der Waals surface area contributed by atoms with E-state index in [1.165, 1.54) is 12.1 Å². The number of phenols is 1. The van der Waals surface area contributed by atoms with Crippen molar-refractivity contribution in [1.29, 1.82) is 0 Å². The van der Waals surface area contributed by atoms with Crippen molar-refractivity contribution in [2.24, 2.45) is 4.99 Å². The van der Waals surface area contributed by atoms with E-state index < -0.39 is 0 Å². The number of hydrogen-bond acceptors (Lipinski definition) is 4. The van der Waals surface area contributed by atoms with Gasteiger partial charge in [0.2, 0.25) is 11.9 Å². The predicted molar refractivity (Wildman–Crippen MR) is 62.2 cm³/mol. The fourth-order valence-electron chi connectivity index (χ4n) is 1.23. The van der Waals surface area contributed by atoms with Gasteiger partial charge in [-0.1, -0.05) is 23.2 Å². The largest absolute Gasteiger partial charge is 0.508 e. The van der Waals surface area contributed by atoms with Gasteiger partial charge in [0.15, 0.2) is 0 Å². The molecule has 0 saturated carbocycles. The minimum absolute atomic E-state index is 0.0297. The van der Waals surface area contributed by atoms with Crippen LogP contribution in [0.5, 0.6) is 5.75 Å². The van der Waals surface area contributed by atoms with E-state index >= 15 is 0 Å². The third-order valence-corrected chi connectivity index (χ3v) is 2.51. The van der Waals surface area contributed by atoms with Gasteiger partial charge in [0.05, 0.1) is 15.7 Å². The summed E-state index contributed by atoms with van der Waals surface area (Å²) >= 11 is 11.7. The zero-order chi connectivity index (χ0) is 11.7. The molecule has 1 aromatic carbocycles. The molecule has 1 aliphatic heterocycles. The van der Waals surface area contributed by atoms with Crippen molar-refractivity contribution in [1.82, 2.24) is 5.32 Å². The second kappa shape index (κ2) is 4.19. The Morgan fingerprint density at radius 2 is 2.00 bits per heavy atom. The summed E-state index contributed by atoms with van der Waals surface area (Å²) in [7, 11) is 0. The molecule has 2 rings (SSSR count). The summed E-state index contributed by atoms with van der Waals surface area (Å²) in [5.41, 5.74) is 0.391. The molecule has 0 fully saturated rings. The van der Waals surface area contributed by atoms with Gasteiger partial charge in [-0.3, -0.25) is 10.1 Å². The molecule has 0 atom stereocenters. The third kappa shape index (κ3) is 2.20. The van der Waals surface area contributed by atoms with Crippen molar-refractivity contribution in [2.75, 3.05) is 11.9 Å². The molecule has 5 nitrogen and oxygen atoms in total. The number of nitrogens with one attached hydrogen (secondary N) is 2. The quantitative estimate of drug-likeness (QED) is 0.671. The molecular weight excluding hydrogens is 253 g/mol. The highest BCUT2D eigenvalue weighted by molar-refractivity contribution is 6.40. The normalized spacial score (nSPS) is 14.6. The van der Waals surface area contributed by atoms with Crippen LogP contribution in [0, 0.1) is 0 Å². The van der Waals surface area contributed by atoms with Gasteiger partial charge in [-0.15, -0.1) is 0 Å². The van der Waals surface area contributed by atoms with E-state index in [1.54, 1.807) is 0 Å². The third-order valence-electron chi connectivity index (χ3n) is 1.91. The van der Waals surface area contributed by atoms with Crippen LogP contribution in [0.15, 0.2) is 17.1 Å². The minimum atomic E-state index is -0.200. The van der Waals surface area contributed by atoms with Crippen molar-refractivity contribution in [2.45, 2.75) is 0 Å². The molecule has 0 aromatic heterocycles. The first-order valence-corrected chi connectivity index (χ1v) is 5.11. The molecule has 1 amide bonds. The first kappa shape index (κ1) is 11.0. The fourth-order valence-corrected chi connectivity index (χ4v) is 1.80. The van der Waals surface area contributed by atoms with Crippen LogP contribution in [-0.4, -0.2) is 23.5 Å². The van der Waals surface area contributed by atoms with E-state index in [4.69, 9.17) is 23.2 Å². The zero-order valence-corrected chi connectivity index (χ0v) is 9.43. The molecule has 1 aromatic rings. The Labute approximate surface area is 101 Å². The average molecular weight is 260 g/mol. The molecular formula is C9H7Cl2N3O2. The Balaban J connectivity index is 2.25. The molecule has 1 aliphatic rings. The Morgan fingerprint density at radius 1 is 1.38 bits per heavy atom. The number of phenolic OH excluding ortho intramolecular Hbond substituents is 1. The maximum Gasteiger partial charge on any atom is 0.248 e. The van der Waals surface area contributed by atoms with Crippen LogP contribution in [-0.2, 0) is 4.79 Å². The lowest BCUT2D eigenvalue weighted by molar-refractivity contribution is -0.117. The lowest BCUT2D eigenvalue weighted by Crippen LogP contribution is -2.30. The van der Waals surface area contributed by atoms with Gasteiger partial charge in [0, 0.05) is 12.1 Å². The van der Waals surface area contributed by atoms with Gasteiger partial charge in [0.1, 0.15) is 12.3 Å². The van der Waals surface area contributed by atoms with Crippen LogP contribution < -0.4 is 10.6 Å². The number of benzene rings is 1. The Kier molecular flexibility index (Phi) is 2.89.